The summed E-state index contributed by atoms with van der Waals surface area (Å²) in [4.78, 5) is 26.8. The quantitative estimate of drug-likeness (QED) is 0.304. The van der Waals surface area contributed by atoms with Crippen LogP contribution >= 0.6 is 23.2 Å². The Labute approximate surface area is 237 Å². The van der Waals surface area contributed by atoms with Gasteiger partial charge in [0.25, 0.3) is 5.56 Å². The highest BCUT2D eigenvalue weighted by Crippen LogP contribution is 2.59. The number of aromatic nitrogens is 7. The summed E-state index contributed by atoms with van der Waals surface area (Å²) < 4.78 is 9.13. The second kappa shape index (κ2) is 8.54. The minimum absolute atomic E-state index is 0.147. The van der Waals surface area contributed by atoms with Crippen molar-refractivity contribution in [3.05, 3.63) is 99.3 Å². The lowest BCUT2D eigenvalue weighted by Gasteiger charge is -2.21. The van der Waals surface area contributed by atoms with Crippen molar-refractivity contribution >= 4 is 28.9 Å². The summed E-state index contributed by atoms with van der Waals surface area (Å²) in [5.74, 6) is 2.70. The molecule has 2 aromatic carbocycles. The maximum atomic E-state index is 13.6. The number of H-pyrrole nitrogens is 1. The van der Waals surface area contributed by atoms with E-state index in [9.17, 15) is 4.79 Å². The van der Waals surface area contributed by atoms with Gasteiger partial charge in [-0.3, -0.25) is 9.36 Å². The van der Waals surface area contributed by atoms with Crippen LogP contribution in [0.5, 0.6) is 5.75 Å². The SMILES string of the molecule is C=C1COc2cc(-c3cnc(C4C5CC5c5nc(-c6cc(Cl)ccc6-n6cc(Cl)nn6)cc(=O)n54)[nH]3)ccc2N1. The predicted octanol–water partition coefficient (Wildman–Crippen LogP) is 5.21. The molecule has 1 saturated carbocycles. The predicted molar refractivity (Wildman–Crippen MR) is 150 cm³/mol. The highest BCUT2D eigenvalue weighted by atomic mass is 35.5. The molecule has 3 atom stereocenters. The van der Waals surface area contributed by atoms with Crippen LogP contribution in [0.1, 0.15) is 30.0 Å². The number of hydrogen-bond acceptors (Lipinski definition) is 7. The van der Waals surface area contributed by atoms with E-state index in [2.05, 4.69) is 27.2 Å². The van der Waals surface area contributed by atoms with Crippen molar-refractivity contribution in [1.29, 1.82) is 0 Å². The molecule has 3 unspecified atom stereocenters. The summed E-state index contributed by atoms with van der Waals surface area (Å²) in [6.07, 6.45) is 4.34. The van der Waals surface area contributed by atoms with Gasteiger partial charge in [-0.1, -0.05) is 41.1 Å². The maximum absolute atomic E-state index is 13.6. The number of hydrogen-bond donors (Lipinski definition) is 2. The first-order chi connectivity index (χ1) is 19.4. The van der Waals surface area contributed by atoms with Crippen molar-refractivity contribution in [2.75, 3.05) is 11.9 Å². The molecule has 3 aromatic heterocycles. The molecule has 0 bridgehead atoms. The highest BCUT2D eigenvalue weighted by Gasteiger charge is 2.55. The molecule has 0 amide bonds. The van der Waals surface area contributed by atoms with Crippen LogP contribution in [-0.2, 0) is 0 Å². The molecule has 8 rings (SSSR count). The van der Waals surface area contributed by atoms with Crippen LogP contribution in [0.25, 0.3) is 28.2 Å². The highest BCUT2D eigenvalue weighted by molar-refractivity contribution is 6.31. The molecule has 2 N–H and O–H groups in total. The van der Waals surface area contributed by atoms with Gasteiger partial charge in [-0.25, -0.2) is 14.6 Å². The van der Waals surface area contributed by atoms with Gasteiger partial charge in [0.2, 0.25) is 0 Å². The molecule has 1 fully saturated rings. The molecule has 5 heterocycles. The lowest BCUT2D eigenvalue weighted by atomic mass is 10.1. The molecule has 1 aliphatic carbocycles. The van der Waals surface area contributed by atoms with E-state index in [1.165, 1.54) is 0 Å². The Morgan fingerprint density at radius 1 is 1.12 bits per heavy atom. The molecule has 40 heavy (non-hydrogen) atoms. The van der Waals surface area contributed by atoms with E-state index in [4.69, 9.17) is 37.9 Å². The van der Waals surface area contributed by atoms with E-state index in [1.807, 2.05) is 18.2 Å². The van der Waals surface area contributed by atoms with Crippen molar-refractivity contribution in [1.82, 2.24) is 34.5 Å². The Morgan fingerprint density at radius 2 is 2.02 bits per heavy atom. The fourth-order valence-corrected chi connectivity index (χ4v) is 6.08. The summed E-state index contributed by atoms with van der Waals surface area (Å²) in [5.41, 5.74) is 5.22. The van der Waals surface area contributed by atoms with Gasteiger partial charge >= 0.3 is 0 Å². The first-order valence-electron chi connectivity index (χ1n) is 12.7. The molecule has 2 aliphatic heterocycles. The molecular formula is C28H20Cl2N8O2. The zero-order valence-corrected chi connectivity index (χ0v) is 22.3. The molecule has 0 saturated heterocycles. The first-order valence-corrected chi connectivity index (χ1v) is 13.5. The van der Waals surface area contributed by atoms with Gasteiger partial charge in [-0.2, -0.15) is 0 Å². The van der Waals surface area contributed by atoms with Crippen LogP contribution < -0.4 is 15.6 Å². The Balaban J connectivity index is 1.17. The standard InChI is InChI=1S/C28H20Cl2N8O2/c1-13-12-40-23-6-14(2-4-19(23)32-13)21-10-31-27(33-21)26-16-8-17(16)28-34-20(9-25(39)38(26)28)18-7-15(29)3-5-22(18)37-11-24(30)35-36-37/h2-7,9-11,16-17,26,32H,1,8,12H2,(H,31,33). The van der Waals surface area contributed by atoms with E-state index in [-0.39, 0.29) is 28.6 Å². The number of nitrogens with zero attached hydrogens (tertiary/aromatic N) is 6. The zero-order valence-electron chi connectivity index (χ0n) is 20.8. The topological polar surface area (TPSA) is 116 Å². The molecule has 12 heteroatoms. The van der Waals surface area contributed by atoms with Crippen LogP contribution in [0.3, 0.4) is 0 Å². The molecule has 10 nitrogen and oxygen atoms in total. The van der Waals surface area contributed by atoms with Crippen molar-refractivity contribution in [2.45, 2.75) is 18.4 Å². The van der Waals surface area contributed by atoms with Crippen LogP contribution in [0.4, 0.5) is 5.69 Å². The number of anilines is 1. The molecule has 3 aliphatic rings. The summed E-state index contributed by atoms with van der Waals surface area (Å²) in [7, 11) is 0. The Kier molecular flexibility index (Phi) is 5.01. The number of imidazole rings is 1. The number of benzene rings is 2. The smallest absolute Gasteiger partial charge is 0.254 e. The van der Waals surface area contributed by atoms with Crippen LogP contribution in [0, 0.1) is 5.92 Å². The monoisotopic (exact) mass is 570 g/mol. The van der Waals surface area contributed by atoms with Crippen molar-refractivity contribution < 1.29 is 4.74 Å². The third kappa shape index (κ3) is 3.67. The summed E-state index contributed by atoms with van der Waals surface area (Å²) in [5, 5.41) is 12.0. The second-order valence-corrected chi connectivity index (χ2v) is 11.0. The van der Waals surface area contributed by atoms with Gasteiger partial charge in [0.1, 0.15) is 24.0 Å². The van der Waals surface area contributed by atoms with Gasteiger partial charge in [-0.05, 0) is 42.7 Å². The van der Waals surface area contributed by atoms with E-state index in [1.54, 1.807) is 45.9 Å². The number of nitrogens with one attached hydrogen (secondary N) is 2. The second-order valence-electron chi connectivity index (χ2n) is 10.2. The van der Waals surface area contributed by atoms with Crippen molar-refractivity contribution in [3.63, 3.8) is 0 Å². The summed E-state index contributed by atoms with van der Waals surface area (Å²) >= 11 is 12.4. The lowest BCUT2D eigenvalue weighted by Crippen LogP contribution is -2.27. The molecule has 5 aromatic rings. The summed E-state index contributed by atoms with van der Waals surface area (Å²) in [6, 6.07) is 12.6. The fraction of sp³-hybridized carbons (Fsp3) is 0.179. The lowest BCUT2D eigenvalue weighted by molar-refractivity contribution is 0.347. The third-order valence-corrected chi connectivity index (χ3v) is 8.07. The number of rotatable bonds is 4. The van der Waals surface area contributed by atoms with E-state index in [0.717, 1.165) is 46.5 Å². The number of aromatic amines is 1. The van der Waals surface area contributed by atoms with E-state index in [0.29, 0.717) is 28.6 Å². The third-order valence-electron chi connectivity index (χ3n) is 7.66. The van der Waals surface area contributed by atoms with Crippen LogP contribution in [0.2, 0.25) is 10.2 Å². The average Bonchev–Trinajstić information content (AvgIpc) is 3.23. The fourth-order valence-electron chi connectivity index (χ4n) is 5.78. The number of fused-ring (bicyclic) bond motifs is 4. The van der Waals surface area contributed by atoms with Gasteiger partial charge in [0.15, 0.2) is 5.15 Å². The Bertz CT molecular complexity index is 1930. The molecule has 198 valence electrons. The maximum Gasteiger partial charge on any atom is 0.254 e. The Morgan fingerprint density at radius 3 is 2.88 bits per heavy atom. The normalized spacial score (nSPS) is 20.4. The zero-order chi connectivity index (χ0) is 27.1. The van der Waals surface area contributed by atoms with Gasteiger partial charge in [-0.15, -0.1) is 5.10 Å². The van der Waals surface area contributed by atoms with Gasteiger partial charge < -0.3 is 15.0 Å². The molecule has 0 radical (unpaired) electrons. The van der Waals surface area contributed by atoms with Crippen LogP contribution in [-0.4, -0.2) is 41.1 Å². The number of halogens is 2. The van der Waals surface area contributed by atoms with Crippen LogP contribution in [0.15, 0.2) is 71.9 Å². The molecular weight excluding hydrogens is 551 g/mol. The minimum Gasteiger partial charge on any atom is -0.485 e. The van der Waals surface area contributed by atoms with E-state index >= 15 is 0 Å². The van der Waals surface area contributed by atoms with E-state index < -0.39 is 0 Å². The first kappa shape index (κ1) is 23.5. The largest absolute Gasteiger partial charge is 0.485 e. The molecule has 0 spiro atoms. The minimum atomic E-state index is -0.213. The van der Waals surface area contributed by atoms with Crippen molar-refractivity contribution in [2.24, 2.45) is 5.92 Å². The van der Waals surface area contributed by atoms with Gasteiger partial charge in [0, 0.05) is 33.8 Å². The van der Waals surface area contributed by atoms with Crippen molar-refractivity contribution in [3.8, 4) is 34.0 Å². The summed E-state index contributed by atoms with van der Waals surface area (Å²) in [6.45, 7) is 4.35. The van der Waals surface area contributed by atoms with Gasteiger partial charge in [0.05, 0.1) is 41.2 Å². The Hall–Kier alpha value is -4.41. The average molecular weight is 571 g/mol. The number of ether oxygens (including phenoxy) is 1.